The standard InChI is InChI=1S/C14H22N4O/c15-7-12-8-17-13(9-16-12)18-6-5-14(19)4-2-1-3-11(14)10-18/h8-9,11,19H,1-7,10,15H2. The van der Waals surface area contributed by atoms with E-state index in [1.165, 1.54) is 6.42 Å². The molecule has 104 valence electrons. The quantitative estimate of drug-likeness (QED) is 0.833. The lowest BCUT2D eigenvalue weighted by Gasteiger charge is -2.47. The first-order valence-electron chi connectivity index (χ1n) is 7.19. The third-order valence-corrected chi connectivity index (χ3v) is 4.65. The van der Waals surface area contributed by atoms with Crippen molar-refractivity contribution in [1.82, 2.24) is 9.97 Å². The Labute approximate surface area is 113 Å². The topological polar surface area (TPSA) is 75.3 Å². The van der Waals surface area contributed by atoms with Crippen molar-refractivity contribution in [3.8, 4) is 0 Å². The van der Waals surface area contributed by atoms with Crippen LogP contribution >= 0.6 is 0 Å². The van der Waals surface area contributed by atoms with E-state index in [0.29, 0.717) is 12.5 Å². The smallest absolute Gasteiger partial charge is 0.147 e. The van der Waals surface area contributed by atoms with E-state index in [1.807, 2.05) is 0 Å². The molecule has 5 heteroatoms. The fourth-order valence-electron chi connectivity index (χ4n) is 3.40. The molecular formula is C14H22N4O. The number of nitrogens with two attached hydrogens (primary N) is 1. The fraction of sp³-hybridized carbons (Fsp3) is 0.714. The summed E-state index contributed by atoms with van der Waals surface area (Å²) in [5.74, 6) is 1.29. The number of hydrogen-bond acceptors (Lipinski definition) is 5. The van der Waals surface area contributed by atoms with Gasteiger partial charge in [-0.05, 0) is 19.3 Å². The Morgan fingerprint density at radius 3 is 2.95 bits per heavy atom. The first kappa shape index (κ1) is 12.8. The molecule has 1 aromatic heterocycles. The summed E-state index contributed by atoms with van der Waals surface area (Å²) in [6.07, 6.45) is 8.88. The Morgan fingerprint density at radius 1 is 1.32 bits per heavy atom. The zero-order valence-corrected chi connectivity index (χ0v) is 11.3. The predicted molar refractivity (Wildman–Crippen MR) is 73.7 cm³/mol. The summed E-state index contributed by atoms with van der Waals surface area (Å²) in [5, 5.41) is 10.7. The maximum atomic E-state index is 10.7. The van der Waals surface area contributed by atoms with E-state index < -0.39 is 5.60 Å². The molecule has 1 saturated carbocycles. The van der Waals surface area contributed by atoms with Crippen LogP contribution in [0.15, 0.2) is 12.4 Å². The minimum absolute atomic E-state index is 0.381. The first-order chi connectivity index (χ1) is 9.21. The Bertz CT molecular complexity index is 436. The minimum atomic E-state index is -0.431. The van der Waals surface area contributed by atoms with Crippen molar-refractivity contribution in [2.45, 2.75) is 44.2 Å². The minimum Gasteiger partial charge on any atom is -0.389 e. The van der Waals surface area contributed by atoms with Crippen LogP contribution in [0, 0.1) is 5.92 Å². The Kier molecular flexibility index (Phi) is 3.41. The highest BCUT2D eigenvalue weighted by Gasteiger charge is 2.42. The van der Waals surface area contributed by atoms with E-state index in [4.69, 9.17) is 5.73 Å². The first-order valence-corrected chi connectivity index (χ1v) is 7.19. The van der Waals surface area contributed by atoms with Crippen LogP contribution < -0.4 is 10.6 Å². The van der Waals surface area contributed by atoms with Crippen molar-refractivity contribution in [3.63, 3.8) is 0 Å². The molecule has 1 saturated heterocycles. The van der Waals surface area contributed by atoms with Gasteiger partial charge in [-0.3, -0.25) is 4.98 Å². The van der Waals surface area contributed by atoms with Crippen LogP contribution in [0.4, 0.5) is 5.82 Å². The second-order valence-corrected chi connectivity index (χ2v) is 5.81. The van der Waals surface area contributed by atoms with E-state index in [9.17, 15) is 5.11 Å². The van der Waals surface area contributed by atoms with Gasteiger partial charge in [-0.1, -0.05) is 12.8 Å². The van der Waals surface area contributed by atoms with Crippen molar-refractivity contribution in [2.24, 2.45) is 11.7 Å². The van der Waals surface area contributed by atoms with Crippen molar-refractivity contribution in [1.29, 1.82) is 0 Å². The zero-order valence-electron chi connectivity index (χ0n) is 11.3. The summed E-state index contributed by atoms with van der Waals surface area (Å²) in [7, 11) is 0. The van der Waals surface area contributed by atoms with Gasteiger partial charge in [0.2, 0.25) is 0 Å². The molecule has 1 aliphatic carbocycles. The lowest BCUT2D eigenvalue weighted by Crippen LogP contribution is -2.53. The Hall–Kier alpha value is -1.20. The lowest BCUT2D eigenvalue weighted by molar-refractivity contribution is -0.0613. The van der Waals surface area contributed by atoms with Crippen molar-refractivity contribution < 1.29 is 5.11 Å². The Morgan fingerprint density at radius 2 is 2.21 bits per heavy atom. The van der Waals surface area contributed by atoms with Gasteiger partial charge in [0.05, 0.1) is 23.7 Å². The van der Waals surface area contributed by atoms with Crippen LogP contribution in [0.3, 0.4) is 0 Å². The maximum Gasteiger partial charge on any atom is 0.147 e. The molecule has 5 nitrogen and oxygen atoms in total. The summed E-state index contributed by atoms with van der Waals surface area (Å²) >= 11 is 0. The molecular weight excluding hydrogens is 240 g/mol. The van der Waals surface area contributed by atoms with Crippen molar-refractivity contribution in [3.05, 3.63) is 18.1 Å². The summed E-state index contributed by atoms with van der Waals surface area (Å²) in [6, 6.07) is 0. The van der Waals surface area contributed by atoms with Crippen LogP contribution in [-0.4, -0.2) is 33.8 Å². The molecule has 0 aromatic carbocycles. The highest BCUT2D eigenvalue weighted by Crippen LogP contribution is 2.40. The van der Waals surface area contributed by atoms with Crippen molar-refractivity contribution in [2.75, 3.05) is 18.0 Å². The van der Waals surface area contributed by atoms with Crippen LogP contribution in [-0.2, 0) is 6.54 Å². The van der Waals surface area contributed by atoms with E-state index >= 15 is 0 Å². The molecule has 1 aromatic rings. The maximum absolute atomic E-state index is 10.7. The summed E-state index contributed by atoms with van der Waals surface area (Å²) < 4.78 is 0. The molecule has 3 rings (SSSR count). The van der Waals surface area contributed by atoms with Crippen LogP contribution in [0.25, 0.3) is 0 Å². The van der Waals surface area contributed by atoms with Gasteiger partial charge in [-0.2, -0.15) is 0 Å². The molecule has 19 heavy (non-hydrogen) atoms. The van der Waals surface area contributed by atoms with Crippen LogP contribution in [0.1, 0.15) is 37.8 Å². The molecule has 2 fully saturated rings. The van der Waals surface area contributed by atoms with Gasteiger partial charge in [0.1, 0.15) is 5.82 Å². The van der Waals surface area contributed by atoms with E-state index in [2.05, 4.69) is 14.9 Å². The van der Waals surface area contributed by atoms with E-state index in [1.54, 1.807) is 12.4 Å². The molecule has 0 radical (unpaired) electrons. The molecule has 1 aliphatic heterocycles. The third-order valence-electron chi connectivity index (χ3n) is 4.65. The summed E-state index contributed by atoms with van der Waals surface area (Å²) in [4.78, 5) is 11.0. The number of aliphatic hydroxyl groups is 1. The van der Waals surface area contributed by atoms with E-state index in [0.717, 1.165) is 50.3 Å². The molecule has 2 unspecified atom stereocenters. The second-order valence-electron chi connectivity index (χ2n) is 5.81. The van der Waals surface area contributed by atoms with Gasteiger partial charge >= 0.3 is 0 Å². The second kappa shape index (κ2) is 5.06. The average Bonchev–Trinajstić information content (AvgIpc) is 2.46. The van der Waals surface area contributed by atoms with Crippen molar-refractivity contribution >= 4 is 5.82 Å². The molecule has 0 amide bonds. The fourth-order valence-corrected chi connectivity index (χ4v) is 3.40. The summed E-state index contributed by atoms with van der Waals surface area (Å²) in [5.41, 5.74) is 5.92. The van der Waals surface area contributed by atoms with Gasteiger partial charge in [-0.15, -0.1) is 0 Å². The molecule has 0 spiro atoms. The monoisotopic (exact) mass is 262 g/mol. The molecule has 2 heterocycles. The zero-order chi connectivity index (χ0) is 13.3. The molecule has 0 bridgehead atoms. The number of anilines is 1. The number of nitrogens with zero attached hydrogens (tertiary/aromatic N) is 3. The molecule has 2 aliphatic rings. The Balaban J connectivity index is 1.73. The number of piperidine rings is 1. The number of fused-ring (bicyclic) bond motifs is 1. The van der Waals surface area contributed by atoms with Gasteiger partial charge in [0.25, 0.3) is 0 Å². The lowest BCUT2D eigenvalue weighted by atomic mass is 9.71. The average molecular weight is 262 g/mol. The predicted octanol–water partition coefficient (Wildman–Crippen LogP) is 1.07. The van der Waals surface area contributed by atoms with Crippen LogP contribution in [0.5, 0.6) is 0 Å². The van der Waals surface area contributed by atoms with Crippen LogP contribution in [0.2, 0.25) is 0 Å². The number of hydrogen-bond donors (Lipinski definition) is 2. The van der Waals surface area contributed by atoms with Gasteiger partial charge in [0, 0.05) is 25.6 Å². The van der Waals surface area contributed by atoms with E-state index in [-0.39, 0.29) is 0 Å². The van der Waals surface area contributed by atoms with Gasteiger partial charge in [0.15, 0.2) is 0 Å². The molecule has 3 N–H and O–H groups in total. The highest BCUT2D eigenvalue weighted by atomic mass is 16.3. The molecule has 2 atom stereocenters. The number of rotatable bonds is 2. The van der Waals surface area contributed by atoms with Gasteiger partial charge < -0.3 is 15.7 Å². The SMILES string of the molecule is NCc1cnc(N2CCC3(O)CCCCC3C2)cn1. The summed E-state index contributed by atoms with van der Waals surface area (Å²) in [6.45, 7) is 2.19. The van der Waals surface area contributed by atoms with Gasteiger partial charge in [-0.25, -0.2) is 4.98 Å². The normalized spacial score (nSPS) is 31.1. The third kappa shape index (κ3) is 2.44. The highest BCUT2D eigenvalue weighted by molar-refractivity contribution is 5.37. The number of aromatic nitrogens is 2. The largest absolute Gasteiger partial charge is 0.389 e.